The molecule has 1 nitrogen and oxygen atoms in total. The third-order valence-electron chi connectivity index (χ3n) is 2.62. The second-order valence-electron chi connectivity index (χ2n) is 3.90. The van der Waals surface area contributed by atoms with Gasteiger partial charge >= 0.3 is 0 Å². The molecule has 17 heavy (non-hydrogen) atoms. The maximum Gasteiger partial charge on any atom is 0.142 e. The van der Waals surface area contributed by atoms with Crippen LogP contribution in [-0.4, -0.2) is 0 Å². The van der Waals surface area contributed by atoms with Gasteiger partial charge in [0.05, 0.1) is 5.02 Å². The zero-order valence-electron chi connectivity index (χ0n) is 9.47. The van der Waals surface area contributed by atoms with E-state index in [1.807, 2.05) is 6.07 Å². The molecule has 0 radical (unpaired) electrons. The average molecular weight is 270 g/mol. The number of hydrogen-bond donors (Lipinski definition) is 1. The minimum absolute atomic E-state index is 0.210. The van der Waals surface area contributed by atoms with Crippen molar-refractivity contribution < 1.29 is 4.39 Å². The summed E-state index contributed by atoms with van der Waals surface area (Å²) in [4.78, 5) is 0. The number of benzene rings is 1. The average Bonchev–Trinajstić information content (AvgIpc) is 2.71. The van der Waals surface area contributed by atoms with E-state index in [1.54, 1.807) is 17.4 Å². The molecule has 4 heteroatoms. The minimum atomic E-state index is -0.363. The Kier molecular flexibility index (Phi) is 4.15. The predicted molar refractivity (Wildman–Crippen MR) is 71.0 cm³/mol. The van der Waals surface area contributed by atoms with E-state index in [2.05, 4.69) is 23.0 Å². The number of rotatable bonds is 4. The van der Waals surface area contributed by atoms with Crippen LogP contribution in [0.15, 0.2) is 29.0 Å². The summed E-state index contributed by atoms with van der Waals surface area (Å²) in [6.45, 7) is 3.44. The lowest BCUT2D eigenvalue weighted by Crippen LogP contribution is -2.13. The molecule has 0 atom stereocenters. The third-order valence-corrected chi connectivity index (χ3v) is 3.96. The monoisotopic (exact) mass is 269 g/mol. The molecule has 2 rings (SSSR count). The summed E-state index contributed by atoms with van der Waals surface area (Å²) >= 11 is 7.56. The van der Waals surface area contributed by atoms with Crippen LogP contribution >= 0.6 is 22.9 Å². The van der Waals surface area contributed by atoms with Gasteiger partial charge < -0.3 is 5.32 Å². The fraction of sp³-hybridized carbons (Fsp3) is 0.231. The zero-order valence-corrected chi connectivity index (χ0v) is 11.0. The van der Waals surface area contributed by atoms with Gasteiger partial charge in [-0.2, -0.15) is 11.3 Å². The van der Waals surface area contributed by atoms with Gasteiger partial charge in [0, 0.05) is 13.1 Å². The van der Waals surface area contributed by atoms with Crippen LogP contribution in [0.1, 0.15) is 16.7 Å². The third kappa shape index (κ3) is 3.06. The van der Waals surface area contributed by atoms with Crippen molar-refractivity contribution in [3.63, 3.8) is 0 Å². The van der Waals surface area contributed by atoms with Crippen LogP contribution in [-0.2, 0) is 13.1 Å². The first-order chi connectivity index (χ1) is 8.18. The second-order valence-corrected chi connectivity index (χ2v) is 5.02. The van der Waals surface area contributed by atoms with Gasteiger partial charge in [-0.1, -0.05) is 23.7 Å². The van der Waals surface area contributed by atoms with Crippen LogP contribution < -0.4 is 5.32 Å². The normalized spacial score (nSPS) is 10.8. The van der Waals surface area contributed by atoms with Crippen LogP contribution in [0.3, 0.4) is 0 Å². The first-order valence-electron chi connectivity index (χ1n) is 5.33. The summed E-state index contributed by atoms with van der Waals surface area (Å²) in [7, 11) is 0. The van der Waals surface area contributed by atoms with E-state index >= 15 is 0 Å². The standard InChI is InChI=1S/C13H13ClFNS/c1-9-7-17-8-11(9)6-16-5-10-3-2-4-12(15)13(10)14/h2-4,7-8,16H,5-6H2,1H3. The number of hydrogen-bond acceptors (Lipinski definition) is 2. The number of thiophene rings is 1. The van der Waals surface area contributed by atoms with Crippen molar-refractivity contribution in [1.29, 1.82) is 0 Å². The van der Waals surface area contributed by atoms with Gasteiger partial charge in [0.2, 0.25) is 0 Å². The van der Waals surface area contributed by atoms with E-state index < -0.39 is 0 Å². The molecule has 0 unspecified atom stereocenters. The number of nitrogens with one attached hydrogen (secondary N) is 1. The van der Waals surface area contributed by atoms with Gasteiger partial charge in [0.25, 0.3) is 0 Å². The van der Waals surface area contributed by atoms with Crippen molar-refractivity contribution in [3.05, 3.63) is 56.5 Å². The van der Waals surface area contributed by atoms with Crippen molar-refractivity contribution in [2.24, 2.45) is 0 Å². The molecule has 1 heterocycles. The molecule has 0 aliphatic rings. The Morgan fingerprint density at radius 1 is 1.24 bits per heavy atom. The number of halogens is 2. The molecule has 0 aliphatic heterocycles. The summed E-state index contributed by atoms with van der Waals surface area (Å²) < 4.78 is 13.2. The molecule has 1 aromatic carbocycles. The molecule has 1 N–H and O–H groups in total. The van der Waals surface area contributed by atoms with E-state index in [1.165, 1.54) is 17.2 Å². The first-order valence-corrected chi connectivity index (χ1v) is 6.66. The lowest BCUT2D eigenvalue weighted by Gasteiger charge is -2.07. The number of aryl methyl sites for hydroxylation is 1. The van der Waals surface area contributed by atoms with Crippen molar-refractivity contribution in [3.8, 4) is 0 Å². The van der Waals surface area contributed by atoms with Crippen molar-refractivity contribution in [1.82, 2.24) is 5.32 Å². The van der Waals surface area contributed by atoms with E-state index in [9.17, 15) is 4.39 Å². The van der Waals surface area contributed by atoms with Gasteiger partial charge in [0.1, 0.15) is 5.82 Å². The SMILES string of the molecule is Cc1cscc1CNCc1cccc(F)c1Cl. The topological polar surface area (TPSA) is 12.0 Å². The van der Waals surface area contributed by atoms with Crippen LogP contribution in [0, 0.1) is 12.7 Å². The molecule has 0 amide bonds. The summed E-state index contributed by atoms with van der Waals surface area (Å²) in [5, 5.41) is 7.72. The maximum absolute atomic E-state index is 13.2. The summed E-state index contributed by atoms with van der Waals surface area (Å²) in [5.41, 5.74) is 3.36. The van der Waals surface area contributed by atoms with Crippen molar-refractivity contribution >= 4 is 22.9 Å². The van der Waals surface area contributed by atoms with E-state index in [0.29, 0.717) is 6.54 Å². The molecule has 0 bridgehead atoms. The second kappa shape index (κ2) is 5.63. The van der Waals surface area contributed by atoms with Gasteiger partial charge in [-0.25, -0.2) is 4.39 Å². The van der Waals surface area contributed by atoms with E-state index in [-0.39, 0.29) is 10.8 Å². The fourth-order valence-electron chi connectivity index (χ4n) is 1.58. The highest BCUT2D eigenvalue weighted by Crippen LogP contribution is 2.19. The van der Waals surface area contributed by atoms with Crippen LogP contribution in [0.2, 0.25) is 5.02 Å². The molecular formula is C13H13ClFNS. The van der Waals surface area contributed by atoms with Crippen LogP contribution in [0.25, 0.3) is 0 Å². The van der Waals surface area contributed by atoms with Crippen molar-refractivity contribution in [2.45, 2.75) is 20.0 Å². The van der Waals surface area contributed by atoms with E-state index in [4.69, 9.17) is 11.6 Å². The largest absolute Gasteiger partial charge is 0.309 e. The lowest BCUT2D eigenvalue weighted by atomic mass is 10.2. The predicted octanol–water partition coefficient (Wildman–Crippen LogP) is 4.14. The molecule has 1 aromatic heterocycles. The highest BCUT2D eigenvalue weighted by molar-refractivity contribution is 7.08. The Hall–Kier alpha value is -0.900. The van der Waals surface area contributed by atoms with Gasteiger partial charge in [0.15, 0.2) is 0 Å². The van der Waals surface area contributed by atoms with Gasteiger partial charge in [-0.05, 0) is 40.4 Å². The van der Waals surface area contributed by atoms with Crippen LogP contribution in [0.4, 0.5) is 4.39 Å². The molecule has 0 fully saturated rings. The lowest BCUT2D eigenvalue weighted by molar-refractivity contribution is 0.620. The molecule has 0 aliphatic carbocycles. The Balaban J connectivity index is 1.95. The Bertz CT molecular complexity index is 510. The highest BCUT2D eigenvalue weighted by Gasteiger charge is 2.05. The molecule has 0 saturated heterocycles. The van der Waals surface area contributed by atoms with Crippen molar-refractivity contribution in [2.75, 3.05) is 0 Å². The minimum Gasteiger partial charge on any atom is -0.309 e. The Morgan fingerprint density at radius 2 is 2.00 bits per heavy atom. The summed E-state index contributed by atoms with van der Waals surface area (Å²) in [6.07, 6.45) is 0. The smallest absolute Gasteiger partial charge is 0.142 e. The fourth-order valence-corrected chi connectivity index (χ4v) is 2.63. The molecule has 0 saturated carbocycles. The van der Waals surface area contributed by atoms with E-state index in [0.717, 1.165) is 12.1 Å². The van der Waals surface area contributed by atoms with Gasteiger partial charge in [-0.3, -0.25) is 0 Å². The Morgan fingerprint density at radius 3 is 2.71 bits per heavy atom. The molecule has 0 spiro atoms. The first kappa shape index (κ1) is 12.6. The maximum atomic E-state index is 13.2. The summed E-state index contributed by atoms with van der Waals surface area (Å²) in [5.74, 6) is -0.363. The summed E-state index contributed by atoms with van der Waals surface area (Å²) in [6, 6.07) is 4.88. The molecule has 2 aromatic rings. The zero-order chi connectivity index (χ0) is 12.3. The highest BCUT2D eigenvalue weighted by atomic mass is 35.5. The quantitative estimate of drug-likeness (QED) is 0.880. The molecule has 90 valence electrons. The molecular weight excluding hydrogens is 257 g/mol. The Labute approximate surface area is 109 Å². The van der Waals surface area contributed by atoms with Gasteiger partial charge in [-0.15, -0.1) is 0 Å². The van der Waals surface area contributed by atoms with Crippen LogP contribution in [0.5, 0.6) is 0 Å².